The highest BCUT2D eigenvalue weighted by Gasteiger charge is 1.79. The van der Waals surface area contributed by atoms with Crippen molar-refractivity contribution in [1.29, 1.82) is 0 Å². The molecule has 2 aromatic carbocycles. The lowest BCUT2D eigenvalue weighted by molar-refractivity contribution is 1.48. The van der Waals surface area contributed by atoms with Gasteiger partial charge < -0.3 is 0 Å². The van der Waals surface area contributed by atoms with Crippen LogP contribution in [0.4, 0.5) is 0 Å². The Morgan fingerprint density at radius 1 is 0.722 bits per heavy atom. The van der Waals surface area contributed by atoms with Crippen molar-refractivity contribution in [3.8, 4) is 0 Å². The summed E-state index contributed by atoms with van der Waals surface area (Å²) in [7, 11) is 0. The predicted molar refractivity (Wildman–Crippen MR) is 84.0 cm³/mol. The minimum absolute atomic E-state index is 0.750. The zero-order chi connectivity index (χ0) is 13.8. The van der Waals surface area contributed by atoms with Crippen LogP contribution >= 0.6 is 46.4 Å². The van der Waals surface area contributed by atoms with Crippen LogP contribution in [0.5, 0.6) is 0 Å². The van der Waals surface area contributed by atoms with Crippen molar-refractivity contribution in [1.82, 2.24) is 0 Å². The van der Waals surface area contributed by atoms with Gasteiger partial charge in [0.1, 0.15) is 0 Å². The highest BCUT2D eigenvalue weighted by atomic mass is 35.6. The molecule has 0 heterocycles. The minimum atomic E-state index is -0.750. The zero-order valence-corrected chi connectivity index (χ0v) is 12.9. The Morgan fingerprint density at radius 2 is 1.06 bits per heavy atom. The highest BCUT2D eigenvalue weighted by molar-refractivity contribution is 6.63. The Bertz CT molecular complexity index is 347. The third-order valence-electron chi connectivity index (χ3n) is 1.67. The standard InChI is InChI=1S/C7H8.C6H5Cl.CHCl3/c1-7-5-3-2-4-6-7;7-6-4-2-1-3-5-6;2-1(3)4/h2-6H,1H3;1-5H;1H. The van der Waals surface area contributed by atoms with Crippen molar-refractivity contribution in [3.63, 3.8) is 0 Å². The second-order valence-corrected chi connectivity index (χ2v) is 5.61. The van der Waals surface area contributed by atoms with Gasteiger partial charge in [-0.1, -0.05) is 100 Å². The van der Waals surface area contributed by atoms with E-state index in [1.54, 1.807) is 0 Å². The van der Waals surface area contributed by atoms with Crippen molar-refractivity contribution < 1.29 is 0 Å². The summed E-state index contributed by atoms with van der Waals surface area (Å²) in [6, 6.07) is 19.7. The molecule has 0 aliphatic heterocycles. The van der Waals surface area contributed by atoms with E-state index >= 15 is 0 Å². The van der Waals surface area contributed by atoms with Gasteiger partial charge in [0.15, 0.2) is 4.30 Å². The molecule has 2 aromatic rings. The third kappa shape index (κ3) is 13.7. The molecule has 0 unspecified atom stereocenters. The molecule has 18 heavy (non-hydrogen) atoms. The van der Waals surface area contributed by atoms with Crippen LogP contribution in [-0.2, 0) is 0 Å². The van der Waals surface area contributed by atoms with Crippen LogP contribution in [0, 0.1) is 6.92 Å². The van der Waals surface area contributed by atoms with Crippen LogP contribution in [0.1, 0.15) is 5.56 Å². The minimum Gasteiger partial charge on any atom is -0.0874 e. The summed E-state index contributed by atoms with van der Waals surface area (Å²) < 4.78 is -0.750. The van der Waals surface area contributed by atoms with E-state index in [0.29, 0.717) is 0 Å². The van der Waals surface area contributed by atoms with Crippen LogP contribution < -0.4 is 0 Å². The molecule has 0 aliphatic rings. The fourth-order valence-electron chi connectivity index (χ4n) is 0.949. The first-order valence-corrected chi connectivity index (χ1v) is 6.85. The monoisotopic (exact) mass is 322 g/mol. The summed E-state index contributed by atoms with van der Waals surface area (Å²) in [5.41, 5.74) is 1.32. The van der Waals surface area contributed by atoms with E-state index in [0.717, 1.165) is 5.02 Å². The normalized spacial score (nSPS) is 8.78. The number of benzene rings is 2. The summed E-state index contributed by atoms with van der Waals surface area (Å²) >= 11 is 20.0. The van der Waals surface area contributed by atoms with E-state index in [2.05, 4.69) is 19.1 Å². The van der Waals surface area contributed by atoms with Gasteiger partial charge in [-0.3, -0.25) is 0 Å². The second kappa shape index (κ2) is 11.7. The van der Waals surface area contributed by atoms with E-state index in [4.69, 9.17) is 46.4 Å². The van der Waals surface area contributed by atoms with Gasteiger partial charge in [-0.05, 0) is 19.1 Å². The lowest BCUT2D eigenvalue weighted by Gasteiger charge is -1.82. The Kier molecular flexibility index (Phi) is 11.4. The van der Waals surface area contributed by atoms with Crippen molar-refractivity contribution in [2.45, 2.75) is 11.2 Å². The molecule has 0 spiro atoms. The number of alkyl halides is 3. The summed E-state index contributed by atoms with van der Waals surface area (Å²) in [4.78, 5) is 0. The van der Waals surface area contributed by atoms with Crippen molar-refractivity contribution in [2.75, 3.05) is 0 Å². The van der Waals surface area contributed by atoms with Gasteiger partial charge in [0, 0.05) is 5.02 Å². The van der Waals surface area contributed by atoms with Crippen LogP contribution in [0.15, 0.2) is 60.7 Å². The number of hydrogen-bond acceptors (Lipinski definition) is 0. The maximum atomic E-state index is 5.54. The van der Waals surface area contributed by atoms with Crippen LogP contribution in [0.3, 0.4) is 0 Å². The molecule has 0 bridgehead atoms. The highest BCUT2D eigenvalue weighted by Crippen LogP contribution is 2.04. The molecule has 0 N–H and O–H groups in total. The average Bonchev–Trinajstić information content (AvgIpc) is 2.31. The average molecular weight is 324 g/mol. The summed E-state index contributed by atoms with van der Waals surface area (Å²) in [5, 5.41) is 0.794. The smallest absolute Gasteiger partial charge is 0.0874 e. The molecule has 0 atom stereocenters. The maximum Gasteiger partial charge on any atom is 0.180 e. The second-order valence-electron chi connectivity index (χ2n) is 3.20. The van der Waals surface area contributed by atoms with E-state index < -0.39 is 4.30 Å². The number of rotatable bonds is 0. The fourth-order valence-corrected chi connectivity index (χ4v) is 1.09. The lowest BCUT2D eigenvalue weighted by atomic mass is 10.2. The zero-order valence-electron chi connectivity index (χ0n) is 9.86. The summed E-state index contributed by atoms with van der Waals surface area (Å²) in [5.74, 6) is 0. The molecule has 0 nitrogen and oxygen atoms in total. The molecular weight excluding hydrogens is 310 g/mol. The third-order valence-corrected chi connectivity index (χ3v) is 1.93. The SMILES string of the molecule is Cc1ccccc1.ClC(Cl)Cl.Clc1ccccc1. The predicted octanol–water partition coefficient (Wildman–Crippen LogP) is 6.32. The molecule has 0 aliphatic carbocycles. The van der Waals surface area contributed by atoms with Gasteiger partial charge in [-0.25, -0.2) is 0 Å². The first kappa shape index (κ1) is 17.6. The van der Waals surface area contributed by atoms with Crippen molar-refractivity contribution in [3.05, 3.63) is 71.2 Å². The van der Waals surface area contributed by atoms with Gasteiger partial charge in [0.05, 0.1) is 0 Å². The van der Waals surface area contributed by atoms with Gasteiger partial charge >= 0.3 is 0 Å². The molecule has 0 aromatic heterocycles. The number of hydrogen-bond donors (Lipinski definition) is 0. The van der Waals surface area contributed by atoms with Crippen LogP contribution in [0.25, 0.3) is 0 Å². The van der Waals surface area contributed by atoms with E-state index in [-0.39, 0.29) is 0 Å². The summed E-state index contributed by atoms with van der Waals surface area (Å²) in [6.07, 6.45) is 0. The molecular formula is C14H14Cl4. The largest absolute Gasteiger partial charge is 0.180 e. The number of halogens is 4. The first-order chi connectivity index (χ1) is 8.52. The van der Waals surface area contributed by atoms with E-state index in [1.807, 2.05) is 48.5 Å². The summed E-state index contributed by atoms with van der Waals surface area (Å²) in [6.45, 7) is 2.08. The van der Waals surface area contributed by atoms with Crippen molar-refractivity contribution >= 4 is 46.4 Å². The van der Waals surface area contributed by atoms with Gasteiger partial charge in [0.25, 0.3) is 0 Å². The molecule has 2 rings (SSSR count). The lowest BCUT2D eigenvalue weighted by Crippen LogP contribution is -1.62. The Labute approximate surface area is 128 Å². The molecule has 0 saturated carbocycles. The topological polar surface area (TPSA) is 0 Å². The Morgan fingerprint density at radius 3 is 1.22 bits per heavy atom. The quantitative estimate of drug-likeness (QED) is 0.497. The van der Waals surface area contributed by atoms with Gasteiger partial charge in [0.2, 0.25) is 0 Å². The Balaban J connectivity index is 0.000000253. The fraction of sp³-hybridized carbons (Fsp3) is 0.143. The van der Waals surface area contributed by atoms with Crippen molar-refractivity contribution in [2.24, 2.45) is 0 Å². The first-order valence-electron chi connectivity index (χ1n) is 5.17. The molecule has 0 saturated heterocycles. The molecule has 0 radical (unpaired) electrons. The van der Waals surface area contributed by atoms with Gasteiger partial charge in [-0.15, -0.1) is 0 Å². The maximum absolute atomic E-state index is 5.54. The number of aryl methyl sites for hydroxylation is 1. The Hall–Kier alpha value is -0.400. The molecule has 4 heteroatoms. The van der Waals surface area contributed by atoms with E-state index in [1.165, 1.54) is 5.56 Å². The van der Waals surface area contributed by atoms with E-state index in [9.17, 15) is 0 Å². The van der Waals surface area contributed by atoms with Gasteiger partial charge in [-0.2, -0.15) is 0 Å². The molecule has 0 amide bonds. The van der Waals surface area contributed by atoms with Crippen LogP contribution in [-0.4, -0.2) is 4.30 Å². The van der Waals surface area contributed by atoms with Crippen LogP contribution in [0.2, 0.25) is 5.02 Å². The molecule has 0 fully saturated rings. The molecule has 98 valence electrons.